The molecule has 2 fully saturated rings. The highest BCUT2D eigenvalue weighted by Gasteiger charge is 2.35. The Hall–Kier alpha value is -2.37. The molecule has 1 aromatic rings. The second-order valence-electron chi connectivity index (χ2n) is 8.12. The number of hydrogen-bond acceptors (Lipinski definition) is 7. The van der Waals surface area contributed by atoms with E-state index in [4.69, 9.17) is 14.2 Å². The minimum Gasteiger partial charge on any atom is -0.486 e. The number of fused-ring (bicyclic) bond motifs is 1. The number of benzene rings is 1. The average molecular weight is 468 g/mol. The summed E-state index contributed by atoms with van der Waals surface area (Å²) in [6.07, 6.45) is 4.57. The van der Waals surface area contributed by atoms with Crippen molar-refractivity contribution in [2.24, 2.45) is 0 Å². The third-order valence-corrected chi connectivity index (χ3v) is 7.74. The molecule has 1 unspecified atom stereocenters. The Labute approximate surface area is 187 Å². The molecule has 2 amide bonds. The van der Waals surface area contributed by atoms with Crippen LogP contribution in [-0.2, 0) is 24.3 Å². The lowest BCUT2D eigenvalue weighted by Gasteiger charge is -2.34. The molecule has 0 bridgehead atoms. The predicted octanol–water partition coefficient (Wildman–Crippen LogP) is 0.760. The number of hydrogen-bond donors (Lipinski definition) is 2. The van der Waals surface area contributed by atoms with Gasteiger partial charge in [0, 0.05) is 18.7 Å². The van der Waals surface area contributed by atoms with Gasteiger partial charge in [0.1, 0.15) is 19.4 Å². The van der Waals surface area contributed by atoms with Gasteiger partial charge in [-0.3, -0.25) is 9.59 Å². The summed E-state index contributed by atoms with van der Waals surface area (Å²) in [6.45, 7) is 1.24. The highest BCUT2D eigenvalue weighted by atomic mass is 32.2. The molecule has 1 saturated carbocycles. The van der Waals surface area contributed by atoms with Crippen LogP contribution in [0.3, 0.4) is 0 Å². The van der Waals surface area contributed by atoms with E-state index in [1.165, 1.54) is 16.4 Å². The fourth-order valence-electron chi connectivity index (χ4n) is 4.18. The first kappa shape index (κ1) is 22.8. The molecule has 0 spiro atoms. The van der Waals surface area contributed by atoms with E-state index < -0.39 is 28.1 Å². The highest BCUT2D eigenvalue weighted by molar-refractivity contribution is 7.89. The molecule has 2 N–H and O–H groups in total. The van der Waals surface area contributed by atoms with E-state index in [1.807, 2.05) is 0 Å². The van der Waals surface area contributed by atoms with E-state index in [1.54, 1.807) is 6.07 Å². The fourth-order valence-corrected chi connectivity index (χ4v) is 5.76. The first-order valence-electron chi connectivity index (χ1n) is 11.1. The normalized spacial score (nSPS) is 22.2. The zero-order valence-electron chi connectivity index (χ0n) is 17.9. The van der Waals surface area contributed by atoms with E-state index in [9.17, 15) is 18.0 Å². The Bertz CT molecular complexity index is 947. The van der Waals surface area contributed by atoms with Crippen LogP contribution in [-0.4, -0.2) is 69.7 Å². The molecular formula is C21H29N3O7S. The molecule has 2 heterocycles. The van der Waals surface area contributed by atoms with Gasteiger partial charge in [-0.15, -0.1) is 0 Å². The summed E-state index contributed by atoms with van der Waals surface area (Å²) in [5.41, 5.74) is 0. The summed E-state index contributed by atoms with van der Waals surface area (Å²) >= 11 is 0. The van der Waals surface area contributed by atoms with Gasteiger partial charge in [0.2, 0.25) is 10.0 Å². The SMILES string of the molecule is O=C(NCC1OCCCN1S(=O)(=O)c1ccc2c(c1)OCCO2)C(=O)NC1CCCCC1. The van der Waals surface area contributed by atoms with E-state index in [0.717, 1.165) is 32.1 Å². The van der Waals surface area contributed by atoms with Gasteiger partial charge in [0.05, 0.1) is 18.0 Å². The van der Waals surface area contributed by atoms with Crippen LogP contribution in [0.1, 0.15) is 38.5 Å². The molecule has 32 heavy (non-hydrogen) atoms. The van der Waals surface area contributed by atoms with Gasteiger partial charge in [-0.2, -0.15) is 4.31 Å². The number of amides is 2. The minimum atomic E-state index is -3.91. The summed E-state index contributed by atoms with van der Waals surface area (Å²) in [5.74, 6) is -0.618. The number of carbonyl (C=O) groups is 2. The highest BCUT2D eigenvalue weighted by Crippen LogP contribution is 2.34. The molecule has 1 aliphatic carbocycles. The molecule has 176 valence electrons. The van der Waals surface area contributed by atoms with Crippen molar-refractivity contribution in [1.82, 2.24) is 14.9 Å². The van der Waals surface area contributed by atoms with Crippen molar-refractivity contribution in [3.8, 4) is 11.5 Å². The lowest BCUT2D eigenvalue weighted by Crippen LogP contribution is -2.53. The molecule has 1 saturated heterocycles. The Morgan fingerprint density at radius 2 is 1.72 bits per heavy atom. The van der Waals surface area contributed by atoms with Gasteiger partial charge in [0.15, 0.2) is 11.5 Å². The largest absolute Gasteiger partial charge is 0.486 e. The molecule has 0 radical (unpaired) electrons. The van der Waals surface area contributed by atoms with Gasteiger partial charge >= 0.3 is 11.8 Å². The maximum absolute atomic E-state index is 13.3. The second kappa shape index (κ2) is 10.1. The third kappa shape index (κ3) is 5.16. The Kier molecular flexibility index (Phi) is 7.17. The number of nitrogens with one attached hydrogen (secondary N) is 2. The first-order valence-corrected chi connectivity index (χ1v) is 12.5. The van der Waals surface area contributed by atoms with Crippen LogP contribution in [0.25, 0.3) is 0 Å². The third-order valence-electron chi connectivity index (χ3n) is 5.86. The van der Waals surface area contributed by atoms with Gasteiger partial charge in [-0.1, -0.05) is 19.3 Å². The summed E-state index contributed by atoms with van der Waals surface area (Å²) in [5, 5.41) is 5.27. The molecule has 4 rings (SSSR count). The van der Waals surface area contributed by atoms with E-state index in [0.29, 0.717) is 37.7 Å². The molecule has 2 aliphatic heterocycles. The standard InChI is InChI=1S/C21H29N3O7S/c25-20(21(26)23-15-5-2-1-3-6-15)22-14-19-24(9-4-10-31-19)32(27,28)16-7-8-17-18(13-16)30-12-11-29-17/h7-8,13,15,19H,1-6,9-12,14H2,(H,22,25)(H,23,26). The number of ether oxygens (including phenoxy) is 3. The van der Waals surface area contributed by atoms with Gasteiger partial charge < -0.3 is 24.8 Å². The maximum Gasteiger partial charge on any atom is 0.309 e. The monoisotopic (exact) mass is 467 g/mol. The van der Waals surface area contributed by atoms with Gasteiger partial charge in [0.25, 0.3) is 0 Å². The number of carbonyl (C=O) groups excluding carboxylic acids is 2. The molecule has 10 nitrogen and oxygen atoms in total. The lowest BCUT2D eigenvalue weighted by molar-refractivity contribution is -0.140. The number of sulfonamides is 1. The van der Waals surface area contributed by atoms with Crippen LogP contribution in [0, 0.1) is 0 Å². The van der Waals surface area contributed by atoms with Crippen molar-refractivity contribution < 1.29 is 32.2 Å². The maximum atomic E-state index is 13.3. The van der Waals surface area contributed by atoms with Crippen molar-refractivity contribution in [3.05, 3.63) is 18.2 Å². The van der Waals surface area contributed by atoms with Crippen molar-refractivity contribution in [2.75, 3.05) is 32.9 Å². The molecule has 0 aromatic heterocycles. The first-order chi connectivity index (χ1) is 15.4. The van der Waals surface area contributed by atoms with Gasteiger partial charge in [-0.25, -0.2) is 8.42 Å². The topological polar surface area (TPSA) is 123 Å². The van der Waals surface area contributed by atoms with Crippen LogP contribution >= 0.6 is 0 Å². The Balaban J connectivity index is 1.40. The smallest absolute Gasteiger partial charge is 0.309 e. The van der Waals surface area contributed by atoms with E-state index >= 15 is 0 Å². The Morgan fingerprint density at radius 1 is 0.969 bits per heavy atom. The van der Waals surface area contributed by atoms with Gasteiger partial charge in [-0.05, 0) is 31.4 Å². The average Bonchev–Trinajstić information content (AvgIpc) is 2.83. The van der Waals surface area contributed by atoms with Crippen LogP contribution in [0.5, 0.6) is 11.5 Å². The molecule has 1 atom stereocenters. The van der Waals surface area contributed by atoms with Crippen molar-refractivity contribution >= 4 is 21.8 Å². The zero-order chi connectivity index (χ0) is 22.6. The van der Waals surface area contributed by atoms with Crippen molar-refractivity contribution in [3.63, 3.8) is 0 Å². The minimum absolute atomic E-state index is 0.0139. The lowest BCUT2D eigenvalue weighted by atomic mass is 9.95. The summed E-state index contributed by atoms with van der Waals surface area (Å²) in [7, 11) is -3.91. The number of nitrogens with zero attached hydrogens (tertiary/aromatic N) is 1. The summed E-state index contributed by atoms with van der Waals surface area (Å²) < 4.78 is 44.4. The quantitative estimate of drug-likeness (QED) is 0.613. The summed E-state index contributed by atoms with van der Waals surface area (Å²) in [6, 6.07) is 4.48. The molecular weight excluding hydrogens is 438 g/mol. The second-order valence-corrected chi connectivity index (χ2v) is 10.0. The fraction of sp³-hybridized carbons (Fsp3) is 0.619. The van der Waals surface area contributed by atoms with Crippen LogP contribution in [0.15, 0.2) is 23.1 Å². The van der Waals surface area contributed by atoms with Crippen LogP contribution in [0.4, 0.5) is 0 Å². The number of rotatable bonds is 5. The van der Waals surface area contributed by atoms with E-state index in [-0.39, 0.29) is 24.0 Å². The predicted molar refractivity (Wildman–Crippen MR) is 114 cm³/mol. The van der Waals surface area contributed by atoms with Crippen molar-refractivity contribution in [1.29, 1.82) is 0 Å². The summed E-state index contributed by atoms with van der Waals surface area (Å²) in [4.78, 5) is 24.5. The molecule has 11 heteroatoms. The van der Waals surface area contributed by atoms with Crippen LogP contribution in [0.2, 0.25) is 0 Å². The molecule has 3 aliphatic rings. The zero-order valence-corrected chi connectivity index (χ0v) is 18.7. The Morgan fingerprint density at radius 3 is 2.50 bits per heavy atom. The van der Waals surface area contributed by atoms with E-state index in [2.05, 4.69) is 10.6 Å². The van der Waals surface area contributed by atoms with Crippen LogP contribution < -0.4 is 20.1 Å². The van der Waals surface area contributed by atoms with Crippen molar-refractivity contribution in [2.45, 2.75) is 55.7 Å². The molecule has 1 aromatic carbocycles.